The van der Waals surface area contributed by atoms with Crippen LogP contribution in [0.5, 0.6) is 5.75 Å². The van der Waals surface area contributed by atoms with Crippen LogP contribution in [0.1, 0.15) is 30.5 Å². The van der Waals surface area contributed by atoms with Crippen molar-refractivity contribution in [1.82, 2.24) is 4.83 Å². The fourth-order valence-electron chi connectivity index (χ4n) is 2.34. The minimum atomic E-state index is -3.71. The summed E-state index contributed by atoms with van der Waals surface area (Å²) in [5.74, 6) is 0.631. The lowest BCUT2D eigenvalue weighted by Gasteiger charge is -2.09. The van der Waals surface area contributed by atoms with Crippen molar-refractivity contribution in [1.29, 1.82) is 0 Å². The Morgan fingerprint density at radius 1 is 1.12 bits per heavy atom. The van der Waals surface area contributed by atoms with Gasteiger partial charge in [-0.15, -0.1) is 0 Å². The van der Waals surface area contributed by atoms with Crippen LogP contribution in [0.2, 0.25) is 0 Å². The molecular weight excluding hydrogens is 324 g/mol. The van der Waals surface area contributed by atoms with Crippen molar-refractivity contribution >= 4 is 15.7 Å². The molecule has 0 bridgehead atoms. The summed E-state index contributed by atoms with van der Waals surface area (Å²) in [4.78, 5) is 2.43. The summed E-state index contributed by atoms with van der Waals surface area (Å²) in [7, 11) is -3.71. The highest BCUT2D eigenvalue weighted by Gasteiger charge is 2.13. The van der Waals surface area contributed by atoms with E-state index in [1.54, 1.807) is 19.1 Å². The summed E-state index contributed by atoms with van der Waals surface area (Å²) in [5, 5.41) is 4.04. The number of sulfonamides is 1. The van der Waals surface area contributed by atoms with Crippen LogP contribution < -0.4 is 9.57 Å². The quantitative estimate of drug-likeness (QED) is 0.644. The van der Waals surface area contributed by atoms with Crippen molar-refractivity contribution in [3.05, 3.63) is 59.2 Å². The van der Waals surface area contributed by atoms with Gasteiger partial charge in [-0.3, -0.25) is 0 Å². The minimum absolute atomic E-state index is 0.142. The van der Waals surface area contributed by atoms with Gasteiger partial charge in [-0.25, -0.2) is 0 Å². The lowest BCUT2D eigenvalue weighted by molar-refractivity contribution is 0.340. The van der Waals surface area contributed by atoms with Crippen LogP contribution in [0.15, 0.2) is 52.5 Å². The number of nitrogens with zero attached hydrogens (tertiary/aromatic N) is 1. The van der Waals surface area contributed by atoms with Crippen molar-refractivity contribution in [2.75, 3.05) is 6.61 Å². The molecule has 2 aromatic carbocycles. The molecule has 5 nitrogen and oxygen atoms in total. The molecule has 0 fully saturated rings. The first kappa shape index (κ1) is 18.0. The van der Waals surface area contributed by atoms with Gasteiger partial charge in [-0.1, -0.05) is 23.8 Å². The number of ether oxygens (including phenoxy) is 1. The van der Waals surface area contributed by atoms with Gasteiger partial charge < -0.3 is 4.74 Å². The molecule has 0 aromatic heterocycles. The molecule has 0 amide bonds. The number of rotatable bonds is 6. The standard InChI is InChI=1S/C18H22N2O3S/c1-5-23-16-7-9-17(10-8-16)24(21,22)20-19-15(4)18-11-6-13(2)12-14(18)3/h6-12,20H,5H2,1-4H3/b19-15-. The van der Waals surface area contributed by atoms with E-state index in [1.165, 1.54) is 12.1 Å². The van der Waals surface area contributed by atoms with E-state index < -0.39 is 10.0 Å². The first-order chi connectivity index (χ1) is 11.3. The number of nitrogens with one attached hydrogen (secondary N) is 1. The molecular formula is C18H22N2O3S. The zero-order valence-corrected chi connectivity index (χ0v) is 15.1. The Balaban J connectivity index is 2.19. The van der Waals surface area contributed by atoms with Gasteiger partial charge in [0.15, 0.2) is 0 Å². The Morgan fingerprint density at radius 3 is 2.38 bits per heavy atom. The summed E-state index contributed by atoms with van der Waals surface area (Å²) < 4.78 is 29.9. The molecule has 0 saturated carbocycles. The van der Waals surface area contributed by atoms with E-state index in [2.05, 4.69) is 9.93 Å². The number of hydrogen-bond acceptors (Lipinski definition) is 4. The molecule has 6 heteroatoms. The van der Waals surface area contributed by atoms with Gasteiger partial charge in [0, 0.05) is 5.56 Å². The van der Waals surface area contributed by atoms with Crippen LogP contribution in [0.4, 0.5) is 0 Å². The molecule has 24 heavy (non-hydrogen) atoms. The number of benzene rings is 2. The van der Waals surface area contributed by atoms with E-state index in [0.717, 1.165) is 16.7 Å². The number of aryl methyl sites for hydroxylation is 2. The number of hydrogen-bond donors (Lipinski definition) is 1. The molecule has 0 aliphatic heterocycles. The van der Waals surface area contributed by atoms with Crippen LogP contribution >= 0.6 is 0 Å². The van der Waals surface area contributed by atoms with Gasteiger partial charge in [0.25, 0.3) is 10.0 Å². The second kappa shape index (κ2) is 7.49. The normalized spacial score (nSPS) is 12.1. The summed E-state index contributed by atoms with van der Waals surface area (Å²) in [6, 6.07) is 12.2. The molecule has 0 radical (unpaired) electrons. The monoisotopic (exact) mass is 346 g/mol. The Labute approximate surface area is 143 Å². The first-order valence-electron chi connectivity index (χ1n) is 7.70. The van der Waals surface area contributed by atoms with Gasteiger partial charge in [0.1, 0.15) is 5.75 Å². The van der Waals surface area contributed by atoms with E-state index in [9.17, 15) is 8.42 Å². The lowest BCUT2D eigenvalue weighted by atomic mass is 10.0. The molecule has 0 aliphatic rings. The molecule has 0 unspecified atom stereocenters. The zero-order valence-electron chi connectivity index (χ0n) is 14.3. The Kier molecular flexibility index (Phi) is 5.62. The molecule has 128 valence electrons. The van der Waals surface area contributed by atoms with Crippen LogP contribution in [-0.4, -0.2) is 20.7 Å². The third-order valence-electron chi connectivity index (χ3n) is 3.55. The second-order valence-corrected chi connectivity index (χ2v) is 7.18. The maximum absolute atomic E-state index is 12.3. The molecule has 0 atom stereocenters. The smallest absolute Gasteiger partial charge is 0.276 e. The second-order valence-electron chi connectivity index (χ2n) is 5.51. The summed E-state index contributed by atoms with van der Waals surface area (Å²) >= 11 is 0. The predicted octanol–water partition coefficient (Wildman–Crippen LogP) is 3.40. The number of hydrazone groups is 1. The highest BCUT2D eigenvalue weighted by atomic mass is 32.2. The molecule has 0 heterocycles. The van der Waals surface area contributed by atoms with Crippen molar-refractivity contribution < 1.29 is 13.2 Å². The van der Waals surface area contributed by atoms with Crippen LogP contribution in [0.3, 0.4) is 0 Å². The van der Waals surface area contributed by atoms with Gasteiger partial charge in [-0.05, 0) is 57.5 Å². The predicted molar refractivity (Wildman–Crippen MR) is 96.1 cm³/mol. The van der Waals surface area contributed by atoms with E-state index in [1.807, 2.05) is 39.0 Å². The fraction of sp³-hybridized carbons (Fsp3) is 0.278. The van der Waals surface area contributed by atoms with Crippen molar-refractivity contribution in [2.24, 2.45) is 5.10 Å². The van der Waals surface area contributed by atoms with E-state index in [0.29, 0.717) is 18.1 Å². The van der Waals surface area contributed by atoms with Crippen molar-refractivity contribution in [3.8, 4) is 5.75 Å². The minimum Gasteiger partial charge on any atom is -0.494 e. The van der Waals surface area contributed by atoms with Crippen LogP contribution in [-0.2, 0) is 10.0 Å². The Hall–Kier alpha value is -2.34. The fourth-order valence-corrected chi connectivity index (χ4v) is 3.20. The Morgan fingerprint density at radius 2 is 1.79 bits per heavy atom. The highest BCUT2D eigenvalue weighted by molar-refractivity contribution is 7.89. The van der Waals surface area contributed by atoms with Crippen LogP contribution in [0.25, 0.3) is 0 Å². The molecule has 2 aromatic rings. The third kappa shape index (κ3) is 4.35. The molecule has 1 N–H and O–H groups in total. The van der Waals surface area contributed by atoms with E-state index in [4.69, 9.17) is 4.74 Å². The maximum Gasteiger partial charge on any atom is 0.276 e. The van der Waals surface area contributed by atoms with Crippen molar-refractivity contribution in [3.63, 3.8) is 0 Å². The Bertz CT molecular complexity index is 841. The molecule has 0 spiro atoms. The largest absolute Gasteiger partial charge is 0.494 e. The van der Waals surface area contributed by atoms with Gasteiger partial charge >= 0.3 is 0 Å². The van der Waals surface area contributed by atoms with Gasteiger partial charge in [0.2, 0.25) is 0 Å². The summed E-state index contributed by atoms with van der Waals surface area (Å²) in [6.45, 7) is 8.17. The zero-order chi connectivity index (χ0) is 17.7. The average molecular weight is 346 g/mol. The van der Waals surface area contributed by atoms with Gasteiger partial charge in [0.05, 0.1) is 17.2 Å². The van der Waals surface area contributed by atoms with E-state index >= 15 is 0 Å². The van der Waals surface area contributed by atoms with Crippen molar-refractivity contribution in [2.45, 2.75) is 32.6 Å². The SMILES string of the molecule is CCOc1ccc(S(=O)(=O)N/N=C(/C)c2ccc(C)cc2C)cc1. The maximum atomic E-state index is 12.3. The van der Waals surface area contributed by atoms with Gasteiger partial charge in [-0.2, -0.15) is 18.4 Å². The first-order valence-corrected chi connectivity index (χ1v) is 9.18. The van der Waals surface area contributed by atoms with E-state index in [-0.39, 0.29) is 4.90 Å². The average Bonchev–Trinajstić information content (AvgIpc) is 2.53. The molecule has 0 aliphatic carbocycles. The summed E-state index contributed by atoms with van der Waals surface area (Å²) in [5.41, 5.74) is 3.73. The summed E-state index contributed by atoms with van der Waals surface area (Å²) in [6.07, 6.45) is 0. The van der Waals surface area contributed by atoms with Crippen LogP contribution in [0, 0.1) is 13.8 Å². The molecule has 2 rings (SSSR count). The highest BCUT2D eigenvalue weighted by Crippen LogP contribution is 2.16. The lowest BCUT2D eigenvalue weighted by Crippen LogP contribution is -2.20. The molecule has 0 saturated heterocycles. The topological polar surface area (TPSA) is 67.8 Å². The third-order valence-corrected chi connectivity index (χ3v) is 4.77.